The molecule has 1 N–H and O–H groups in total. The highest BCUT2D eigenvalue weighted by Gasteiger charge is 2.28. The average molecular weight is 334 g/mol. The van der Waals surface area contributed by atoms with Crippen molar-refractivity contribution in [2.75, 3.05) is 11.5 Å². The summed E-state index contributed by atoms with van der Waals surface area (Å²) in [6, 6.07) is 4.66. The first kappa shape index (κ1) is 15.4. The van der Waals surface area contributed by atoms with E-state index in [-0.39, 0.29) is 23.5 Å². The molecule has 1 aliphatic rings. The third kappa shape index (κ3) is 4.23. The standard InChI is InChI=1S/C13H13Cl2NO3S/c14-10-3-1-9(12(15)7-10)2-4-13(17)16-11-5-6-20(18,19)8-11/h1-4,7,11H,5-6,8H2,(H,16,17)/b4-2+/t11-/m0/s1. The first-order chi connectivity index (χ1) is 9.35. The third-order valence-electron chi connectivity index (χ3n) is 2.96. The Morgan fingerprint density at radius 1 is 1.35 bits per heavy atom. The van der Waals surface area contributed by atoms with Crippen LogP contribution < -0.4 is 5.32 Å². The summed E-state index contributed by atoms with van der Waals surface area (Å²) in [5.41, 5.74) is 0.672. The van der Waals surface area contributed by atoms with Gasteiger partial charge in [-0.15, -0.1) is 0 Å². The molecule has 1 saturated heterocycles. The van der Waals surface area contributed by atoms with Gasteiger partial charge in [-0.1, -0.05) is 29.3 Å². The Hall–Kier alpha value is -1.04. The van der Waals surface area contributed by atoms with Gasteiger partial charge in [-0.05, 0) is 30.2 Å². The zero-order valence-corrected chi connectivity index (χ0v) is 12.8. The van der Waals surface area contributed by atoms with Gasteiger partial charge in [0.1, 0.15) is 0 Å². The molecule has 1 aromatic carbocycles. The van der Waals surface area contributed by atoms with Gasteiger partial charge in [-0.3, -0.25) is 4.79 Å². The molecule has 1 heterocycles. The third-order valence-corrected chi connectivity index (χ3v) is 5.29. The van der Waals surface area contributed by atoms with Crippen molar-refractivity contribution in [3.63, 3.8) is 0 Å². The van der Waals surface area contributed by atoms with E-state index in [0.717, 1.165) is 0 Å². The molecular formula is C13H13Cl2NO3S. The van der Waals surface area contributed by atoms with Crippen molar-refractivity contribution in [2.24, 2.45) is 0 Å². The Bertz CT molecular complexity index is 656. The summed E-state index contributed by atoms with van der Waals surface area (Å²) in [7, 11) is -2.99. The number of sulfone groups is 1. The van der Waals surface area contributed by atoms with Gasteiger partial charge in [0.05, 0.1) is 11.5 Å². The van der Waals surface area contributed by atoms with Gasteiger partial charge in [0.25, 0.3) is 0 Å². The van der Waals surface area contributed by atoms with Crippen molar-refractivity contribution >= 4 is 45.0 Å². The minimum atomic E-state index is -2.99. The Labute approximate surface area is 127 Å². The van der Waals surface area contributed by atoms with Crippen LogP contribution in [0.3, 0.4) is 0 Å². The highest BCUT2D eigenvalue weighted by molar-refractivity contribution is 7.91. The van der Waals surface area contributed by atoms with Crippen LogP contribution in [0.25, 0.3) is 6.08 Å². The minimum absolute atomic E-state index is 0.00822. The van der Waals surface area contributed by atoms with E-state index >= 15 is 0 Å². The van der Waals surface area contributed by atoms with Crippen molar-refractivity contribution < 1.29 is 13.2 Å². The van der Waals surface area contributed by atoms with Crippen molar-refractivity contribution in [1.29, 1.82) is 0 Å². The predicted octanol–water partition coefficient (Wildman–Crippen LogP) is 2.31. The summed E-state index contributed by atoms with van der Waals surface area (Å²) < 4.78 is 22.6. The number of carbonyl (C=O) groups excluding carboxylic acids is 1. The van der Waals surface area contributed by atoms with E-state index in [1.54, 1.807) is 24.3 Å². The number of carbonyl (C=O) groups is 1. The van der Waals surface area contributed by atoms with Gasteiger partial charge >= 0.3 is 0 Å². The molecule has 0 spiro atoms. The number of amides is 1. The number of halogens is 2. The highest BCUT2D eigenvalue weighted by Crippen LogP contribution is 2.22. The number of hydrogen-bond donors (Lipinski definition) is 1. The van der Waals surface area contributed by atoms with Gasteiger partial charge in [-0.25, -0.2) is 8.42 Å². The predicted molar refractivity (Wildman–Crippen MR) is 80.7 cm³/mol. The largest absolute Gasteiger partial charge is 0.349 e. The first-order valence-electron chi connectivity index (χ1n) is 6.00. The molecule has 1 aromatic rings. The summed E-state index contributed by atoms with van der Waals surface area (Å²) in [5.74, 6) is -0.197. The van der Waals surface area contributed by atoms with E-state index in [4.69, 9.17) is 23.2 Å². The quantitative estimate of drug-likeness (QED) is 0.863. The SMILES string of the molecule is O=C(/C=C/c1ccc(Cl)cc1Cl)N[C@H]1CCS(=O)(=O)C1. The molecule has 0 aliphatic carbocycles. The lowest BCUT2D eigenvalue weighted by molar-refractivity contribution is -0.116. The van der Waals surface area contributed by atoms with Gasteiger partial charge in [0.2, 0.25) is 5.91 Å². The maximum Gasteiger partial charge on any atom is 0.244 e. The molecular weight excluding hydrogens is 321 g/mol. The van der Waals surface area contributed by atoms with E-state index in [9.17, 15) is 13.2 Å². The van der Waals surface area contributed by atoms with E-state index in [2.05, 4.69) is 5.32 Å². The summed E-state index contributed by atoms with van der Waals surface area (Å²) in [6.07, 6.45) is 3.36. The molecule has 108 valence electrons. The van der Waals surface area contributed by atoms with Crippen LogP contribution in [0, 0.1) is 0 Å². The van der Waals surface area contributed by atoms with Gasteiger partial charge in [0, 0.05) is 22.2 Å². The number of rotatable bonds is 3. The Kier molecular flexibility index (Phi) is 4.73. The van der Waals surface area contributed by atoms with Crippen molar-refractivity contribution in [1.82, 2.24) is 5.32 Å². The Morgan fingerprint density at radius 2 is 2.10 bits per heavy atom. The summed E-state index contributed by atoms with van der Waals surface area (Å²) in [6.45, 7) is 0. The second-order valence-corrected chi connectivity index (χ2v) is 7.68. The van der Waals surface area contributed by atoms with Gasteiger partial charge < -0.3 is 5.32 Å². The molecule has 2 rings (SSSR count). The van der Waals surface area contributed by atoms with E-state index in [0.29, 0.717) is 22.0 Å². The van der Waals surface area contributed by atoms with E-state index in [1.165, 1.54) is 6.08 Å². The monoisotopic (exact) mass is 333 g/mol. The molecule has 4 nitrogen and oxygen atoms in total. The van der Waals surface area contributed by atoms with E-state index < -0.39 is 9.84 Å². The molecule has 1 atom stereocenters. The Morgan fingerprint density at radius 3 is 2.70 bits per heavy atom. The molecule has 0 radical (unpaired) electrons. The average Bonchev–Trinajstić information content (AvgIpc) is 2.67. The van der Waals surface area contributed by atoms with Crippen molar-refractivity contribution in [3.05, 3.63) is 39.9 Å². The van der Waals surface area contributed by atoms with Crippen LogP contribution in [0.1, 0.15) is 12.0 Å². The lowest BCUT2D eigenvalue weighted by Crippen LogP contribution is -2.34. The molecule has 0 saturated carbocycles. The highest BCUT2D eigenvalue weighted by atomic mass is 35.5. The number of hydrogen-bond acceptors (Lipinski definition) is 3. The summed E-state index contributed by atoms with van der Waals surface area (Å²) in [5, 5.41) is 3.63. The molecule has 1 amide bonds. The van der Waals surface area contributed by atoms with E-state index in [1.807, 2.05) is 0 Å². The molecule has 0 bridgehead atoms. The minimum Gasteiger partial charge on any atom is -0.349 e. The molecule has 0 unspecified atom stereocenters. The van der Waals surface area contributed by atoms with Gasteiger partial charge in [-0.2, -0.15) is 0 Å². The molecule has 20 heavy (non-hydrogen) atoms. The summed E-state index contributed by atoms with van der Waals surface area (Å²) >= 11 is 11.7. The van der Waals surface area contributed by atoms with Crippen LogP contribution in [0.4, 0.5) is 0 Å². The van der Waals surface area contributed by atoms with Crippen LogP contribution in [-0.4, -0.2) is 31.9 Å². The topological polar surface area (TPSA) is 63.2 Å². The number of nitrogens with one attached hydrogen (secondary N) is 1. The molecule has 1 aliphatic heterocycles. The van der Waals surface area contributed by atoms with Crippen LogP contribution in [0.15, 0.2) is 24.3 Å². The fourth-order valence-corrected chi connectivity index (χ4v) is 4.11. The molecule has 1 fully saturated rings. The van der Waals surface area contributed by atoms with Gasteiger partial charge in [0.15, 0.2) is 9.84 Å². The second-order valence-electron chi connectivity index (χ2n) is 4.61. The fraction of sp³-hybridized carbons (Fsp3) is 0.308. The van der Waals surface area contributed by atoms with Crippen molar-refractivity contribution in [2.45, 2.75) is 12.5 Å². The first-order valence-corrected chi connectivity index (χ1v) is 8.57. The normalized spacial score (nSPS) is 21.2. The maximum atomic E-state index is 11.7. The zero-order valence-electron chi connectivity index (χ0n) is 10.5. The smallest absolute Gasteiger partial charge is 0.244 e. The Balaban J connectivity index is 1.96. The van der Waals surface area contributed by atoms with Crippen LogP contribution in [-0.2, 0) is 14.6 Å². The number of benzene rings is 1. The van der Waals surface area contributed by atoms with Crippen LogP contribution in [0.2, 0.25) is 10.0 Å². The summed E-state index contributed by atoms with van der Waals surface area (Å²) in [4.78, 5) is 11.7. The molecule has 7 heteroatoms. The van der Waals surface area contributed by atoms with Crippen LogP contribution >= 0.6 is 23.2 Å². The molecule has 0 aromatic heterocycles. The van der Waals surface area contributed by atoms with Crippen molar-refractivity contribution in [3.8, 4) is 0 Å². The van der Waals surface area contributed by atoms with Crippen LogP contribution in [0.5, 0.6) is 0 Å². The lowest BCUT2D eigenvalue weighted by Gasteiger charge is -2.08. The maximum absolute atomic E-state index is 11.7. The fourth-order valence-electron chi connectivity index (χ4n) is 1.96. The lowest BCUT2D eigenvalue weighted by atomic mass is 10.2. The second kappa shape index (κ2) is 6.16. The zero-order chi connectivity index (χ0) is 14.8.